The second kappa shape index (κ2) is 3.70. The number of alkyl halides is 3. The molecule has 0 aromatic heterocycles. The second-order valence-electron chi connectivity index (χ2n) is 3.29. The molecule has 0 bridgehead atoms. The third kappa shape index (κ3) is 2.10. The Bertz CT molecular complexity index is 397. The monoisotopic (exact) mass is 232 g/mol. The van der Waals surface area contributed by atoms with Crippen LogP contribution in [0.4, 0.5) is 18.0 Å². The minimum absolute atomic E-state index is 0.0319. The van der Waals surface area contributed by atoms with Crippen molar-refractivity contribution in [3.63, 3.8) is 0 Å². The first-order valence-electron chi connectivity index (χ1n) is 4.47. The van der Waals surface area contributed by atoms with E-state index >= 15 is 0 Å². The Morgan fingerprint density at radius 2 is 1.81 bits per heavy atom. The van der Waals surface area contributed by atoms with E-state index in [4.69, 9.17) is 4.74 Å². The molecule has 0 radical (unpaired) electrons. The molecule has 0 N–H and O–H groups in total. The third-order valence-electron chi connectivity index (χ3n) is 2.20. The number of carbonyl (C=O) groups is 1. The van der Waals surface area contributed by atoms with Crippen molar-refractivity contribution in [3.8, 4) is 0 Å². The number of rotatable bonds is 1. The fourth-order valence-electron chi connectivity index (χ4n) is 1.38. The first kappa shape index (κ1) is 10.8. The van der Waals surface area contributed by atoms with Crippen molar-refractivity contribution in [1.82, 2.24) is 0 Å². The lowest BCUT2D eigenvalue weighted by molar-refractivity contribution is -0.137. The molecule has 16 heavy (non-hydrogen) atoms. The average molecular weight is 232 g/mol. The number of hydrogen-bond donors (Lipinski definition) is 0. The number of hydrogen-bond acceptors (Lipinski definition) is 3. The van der Waals surface area contributed by atoms with Gasteiger partial charge in [-0.1, -0.05) is 12.1 Å². The summed E-state index contributed by atoms with van der Waals surface area (Å²) in [7, 11) is 0. The standard InChI is InChI=1S/C10H7F3O3/c11-10(12,13)7-3-1-6(2-4-7)8-5-15-9(14)16-8/h1-4,8H,5H2. The van der Waals surface area contributed by atoms with Gasteiger partial charge in [-0.05, 0) is 17.7 Å². The summed E-state index contributed by atoms with van der Waals surface area (Å²) in [5.74, 6) is 0. The van der Waals surface area contributed by atoms with Crippen LogP contribution in [-0.2, 0) is 15.7 Å². The molecule has 1 aliphatic heterocycles. The zero-order chi connectivity index (χ0) is 11.8. The summed E-state index contributed by atoms with van der Waals surface area (Å²) in [6.45, 7) is 0.0319. The van der Waals surface area contributed by atoms with Gasteiger partial charge in [0.15, 0.2) is 6.10 Å². The van der Waals surface area contributed by atoms with Crippen LogP contribution in [0, 0.1) is 0 Å². The van der Waals surface area contributed by atoms with Gasteiger partial charge in [0, 0.05) is 0 Å². The molecule has 1 heterocycles. The molecule has 86 valence electrons. The first-order chi connectivity index (χ1) is 7.47. The van der Waals surface area contributed by atoms with Gasteiger partial charge in [-0.25, -0.2) is 4.79 Å². The van der Waals surface area contributed by atoms with Crippen LogP contribution in [0.25, 0.3) is 0 Å². The van der Waals surface area contributed by atoms with Gasteiger partial charge in [-0.2, -0.15) is 13.2 Å². The van der Waals surface area contributed by atoms with Crippen LogP contribution in [0.3, 0.4) is 0 Å². The molecule has 1 aliphatic rings. The molecule has 3 nitrogen and oxygen atoms in total. The van der Waals surface area contributed by atoms with Gasteiger partial charge in [0.2, 0.25) is 0 Å². The van der Waals surface area contributed by atoms with E-state index in [0.29, 0.717) is 5.56 Å². The summed E-state index contributed by atoms with van der Waals surface area (Å²) in [6.07, 6.45) is -5.78. The van der Waals surface area contributed by atoms with Gasteiger partial charge in [-0.3, -0.25) is 0 Å². The molecule has 1 saturated heterocycles. The maximum Gasteiger partial charge on any atom is 0.509 e. The van der Waals surface area contributed by atoms with Gasteiger partial charge >= 0.3 is 12.3 Å². The summed E-state index contributed by atoms with van der Waals surface area (Å²) < 4.78 is 46.0. The fourth-order valence-corrected chi connectivity index (χ4v) is 1.38. The number of carbonyl (C=O) groups excluding carboxylic acids is 1. The SMILES string of the molecule is O=C1OCC(c2ccc(C(F)(F)F)cc2)O1. The second-order valence-corrected chi connectivity index (χ2v) is 3.29. The van der Waals surface area contributed by atoms with E-state index < -0.39 is 24.0 Å². The van der Waals surface area contributed by atoms with Crippen LogP contribution in [0.2, 0.25) is 0 Å². The molecule has 6 heteroatoms. The van der Waals surface area contributed by atoms with Gasteiger partial charge in [0.25, 0.3) is 0 Å². The van der Waals surface area contributed by atoms with Crippen LogP contribution in [-0.4, -0.2) is 12.8 Å². The van der Waals surface area contributed by atoms with E-state index in [9.17, 15) is 18.0 Å². The van der Waals surface area contributed by atoms with E-state index in [1.165, 1.54) is 12.1 Å². The predicted molar refractivity (Wildman–Crippen MR) is 46.6 cm³/mol. The zero-order valence-corrected chi connectivity index (χ0v) is 7.95. The zero-order valence-electron chi connectivity index (χ0n) is 7.95. The summed E-state index contributed by atoms with van der Waals surface area (Å²) in [4.78, 5) is 10.6. The van der Waals surface area contributed by atoms with E-state index in [-0.39, 0.29) is 6.61 Å². The smallest absolute Gasteiger partial charge is 0.430 e. The Kier molecular flexibility index (Phi) is 2.49. The molecule has 0 saturated carbocycles. The maximum atomic E-state index is 12.2. The lowest BCUT2D eigenvalue weighted by Gasteiger charge is -2.09. The van der Waals surface area contributed by atoms with E-state index in [0.717, 1.165) is 12.1 Å². The van der Waals surface area contributed by atoms with E-state index in [1.807, 2.05) is 0 Å². The van der Waals surface area contributed by atoms with Crippen LogP contribution >= 0.6 is 0 Å². The first-order valence-corrected chi connectivity index (χ1v) is 4.47. The van der Waals surface area contributed by atoms with Crippen molar-refractivity contribution < 1.29 is 27.4 Å². The highest BCUT2D eigenvalue weighted by atomic mass is 19.4. The molecule has 1 fully saturated rings. The largest absolute Gasteiger partial charge is 0.509 e. The highest BCUT2D eigenvalue weighted by Crippen LogP contribution is 2.31. The highest BCUT2D eigenvalue weighted by Gasteiger charge is 2.31. The quantitative estimate of drug-likeness (QED) is 0.698. The Morgan fingerprint density at radius 3 is 2.25 bits per heavy atom. The van der Waals surface area contributed by atoms with Crippen LogP contribution in [0.15, 0.2) is 24.3 Å². The molecule has 1 atom stereocenters. The van der Waals surface area contributed by atoms with Crippen LogP contribution in [0.5, 0.6) is 0 Å². The van der Waals surface area contributed by atoms with Crippen molar-refractivity contribution in [2.75, 3.05) is 6.61 Å². The average Bonchev–Trinajstić information content (AvgIpc) is 2.64. The van der Waals surface area contributed by atoms with E-state index in [1.54, 1.807) is 0 Å². The Labute approximate surface area is 88.8 Å². The van der Waals surface area contributed by atoms with Gasteiger partial charge < -0.3 is 9.47 Å². The summed E-state index contributed by atoms with van der Waals surface area (Å²) in [5.41, 5.74) is -0.250. The maximum absolute atomic E-state index is 12.2. The third-order valence-corrected chi connectivity index (χ3v) is 2.20. The summed E-state index contributed by atoms with van der Waals surface area (Å²) in [6, 6.07) is 4.44. The molecule has 1 aromatic rings. The van der Waals surface area contributed by atoms with Crippen molar-refractivity contribution >= 4 is 6.16 Å². The van der Waals surface area contributed by atoms with Crippen molar-refractivity contribution in [1.29, 1.82) is 0 Å². The van der Waals surface area contributed by atoms with Crippen molar-refractivity contribution in [2.45, 2.75) is 12.3 Å². The van der Waals surface area contributed by atoms with Crippen molar-refractivity contribution in [2.24, 2.45) is 0 Å². The van der Waals surface area contributed by atoms with Gasteiger partial charge in [-0.15, -0.1) is 0 Å². The number of ether oxygens (including phenoxy) is 2. The van der Waals surface area contributed by atoms with E-state index in [2.05, 4.69) is 4.74 Å². The Balaban J connectivity index is 2.17. The molecule has 0 aliphatic carbocycles. The predicted octanol–water partition coefficient (Wildman–Crippen LogP) is 2.91. The molecule has 0 spiro atoms. The highest BCUT2D eigenvalue weighted by molar-refractivity contribution is 5.62. The van der Waals surface area contributed by atoms with Crippen LogP contribution in [0.1, 0.15) is 17.2 Å². The van der Waals surface area contributed by atoms with Gasteiger partial charge in [0.05, 0.1) is 5.56 Å². The lowest BCUT2D eigenvalue weighted by Crippen LogP contribution is -2.06. The molecular formula is C10H7F3O3. The Morgan fingerprint density at radius 1 is 1.19 bits per heavy atom. The van der Waals surface area contributed by atoms with Gasteiger partial charge in [0.1, 0.15) is 6.61 Å². The molecule has 2 rings (SSSR count). The lowest BCUT2D eigenvalue weighted by atomic mass is 10.1. The van der Waals surface area contributed by atoms with Crippen molar-refractivity contribution in [3.05, 3.63) is 35.4 Å². The number of benzene rings is 1. The summed E-state index contributed by atoms with van der Waals surface area (Å²) >= 11 is 0. The molecular weight excluding hydrogens is 225 g/mol. The fraction of sp³-hybridized carbons (Fsp3) is 0.300. The number of halogens is 3. The normalized spacial score (nSPS) is 20.4. The Hall–Kier alpha value is -1.72. The molecule has 1 aromatic carbocycles. The minimum Gasteiger partial charge on any atom is -0.430 e. The molecule has 1 unspecified atom stereocenters. The summed E-state index contributed by atoms with van der Waals surface area (Å²) in [5, 5.41) is 0. The topological polar surface area (TPSA) is 35.5 Å². The minimum atomic E-state index is -4.36. The molecule has 0 amide bonds. The number of cyclic esters (lactones) is 2. The van der Waals surface area contributed by atoms with Crippen LogP contribution < -0.4 is 0 Å².